The second kappa shape index (κ2) is 8.60. The fourth-order valence-corrected chi connectivity index (χ4v) is 2.93. The monoisotopic (exact) mass is 441 g/mol. The number of ether oxygens (including phenoxy) is 1. The van der Waals surface area contributed by atoms with Crippen LogP contribution in [0.2, 0.25) is 15.2 Å². The highest BCUT2D eigenvalue weighted by molar-refractivity contribution is 6.43. The van der Waals surface area contributed by atoms with Gasteiger partial charge in [0, 0.05) is 11.1 Å². The second-order valence-electron chi connectivity index (χ2n) is 5.35. The topological polar surface area (TPSA) is 73.3 Å². The molecule has 1 amide bonds. The van der Waals surface area contributed by atoms with Gasteiger partial charge in [-0.05, 0) is 18.2 Å². The maximum absolute atomic E-state index is 14.8. The predicted molar refractivity (Wildman–Crippen MR) is 104 cm³/mol. The van der Waals surface area contributed by atoms with Crippen LogP contribution in [0.25, 0.3) is 11.1 Å². The average Bonchev–Trinajstić information content (AvgIpc) is 2.71. The van der Waals surface area contributed by atoms with Gasteiger partial charge in [-0.15, -0.1) is 5.10 Å². The quantitative estimate of drug-likeness (QED) is 0.446. The highest BCUT2D eigenvalue weighted by atomic mass is 35.5. The smallest absolute Gasteiger partial charge is 0.283 e. The Morgan fingerprint density at radius 1 is 1.11 bits per heavy atom. The SMILES string of the molecule is COc1c(ONC(=O)c2ccccc2)c(Cl)c(Cl)c(F)c1-c1cnnc(Cl)c1. The van der Waals surface area contributed by atoms with Gasteiger partial charge in [-0.3, -0.25) is 4.79 Å². The normalized spacial score (nSPS) is 10.5. The molecule has 10 heteroatoms. The van der Waals surface area contributed by atoms with E-state index >= 15 is 0 Å². The standard InChI is InChI=1S/C18H11Cl3FN3O3/c1-27-16-12(10-7-11(19)24-23-8-10)15(22)13(20)14(21)17(16)28-25-18(26)9-5-3-2-4-6-9/h2-8H,1H3,(H,25,26). The van der Waals surface area contributed by atoms with E-state index in [0.717, 1.165) is 0 Å². The zero-order chi connectivity index (χ0) is 20.3. The summed E-state index contributed by atoms with van der Waals surface area (Å²) < 4.78 is 20.1. The summed E-state index contributed by atoms with van der Waals surface area (Å²) in [6.45, 7) is 0. The number of hydrogen-bond donors (Lipinski definition) is 1. The maximum Gasteiger partial charge on any atom is 0.283 e. The van der Waals surface area contributed by atoms with Crippen molar-refractivity contribution in [3.63, 3.8) is 0 Å². The minimum absolute atomic E-state index is 0.0323. The second-order valence-corrected chi connectivity index (χ2v) is 6.49. The van der Waals surface area contributed by atoms with Crippen LogP contribution in [0.15, 0.2) is 42.6 Å². The molecule has 0 aliphatic carbocycles. The first-order valence-electron chi connectivity index (χ1n) is 7.69. The van der Waals surface area contributed by atoms with E-state index in [4.69, 9.17) is 44.4 Å². The van der Waals surface area contributed by atoms with Gasteiger partial charge in [-0.2, -0.15) is 10.6 Å². The summed E-state index contributed by atoms with van der Waals surface area (Å²) >= 11 is 18.0. The van der Waals surface area contributed by atoms with E-state index in [9.17, 15) is 9.18 Å². The van der Waals surface area contributed by atoms with Gasteiger partial charge in [0.1, 0.15) is 5.02 Å². The molecule has 0 bridgehead atoms. The zero-order valence-corrected chi connectivity index (χ0v) is 16.4. The Bertz CT molecular complexity index is 1040. The van der Waals surface area contributed by atoms with E-state index in [1.165, 1.54) is 19.4 Å². The summed E-state index contributed by atoms with van der Waals surface area (Å²) in [4.78, 5) is 17.5. The minimum Gasteiger partial charge on any atom is -0.492 e. The van der Waals surface area contributed by atoms with Crippen molar-refractivity contribution in [2.45, 2.75) is 0 Å². The lowest BCUT2D eigenvalue weighted by atomic mass is 10.1. The number of nitrogens with one attached hydrogen (secondary N) is 1. The van der Waals surface area contributed by atoms with Crippen molar-refractivity contribution in [1.29, 1.82) is 0 Å². The van der Waals surface area contributed by atoms with Crippen LogP contribution in [0.4, 0.5) is 4.39 Å². The number of aromatic nitrogens is 2. The third kappa shape index (κ3) is 3.96. The van der Waals surface area contributed by atoms with E-state index in [2.05, 4.69) is 15.7 Å². The lowest BCUT2D eigenvalue weighted by molar-refractivity contribution is 0.0754. The lowest BCUT2D eigenvalue weighted by Crippen LogP contribution is -2.27. The van der Waals surface area contributed by atoms with Crippen molar-refractivity contribution >= 4 is 40.7 Å². The molecule has 0 atom stereocenters. The number of benzene rings is 2. The van der Waals surface area contributed by atoms with Gasteiger partial charge in [0.2, 0.25) is 5.75 Å². The van der Waals surface area contributed by atoms with Gasteiger partial charge in [0.05, 0.1) is 23.9 Å². The third-order valence-corrected chi connectivity index (χ3v) is 4.63. The summed E-state index contributed by atoms with van der Waals surface area (Å²) in [6.07, 6.45) is 1.27. The molecule has 1 aromatic heterocycles. The third-order valence-electron chi connectivity index (χ3n) is 3.64. The van der Waals surface area contributed by atoms with Crippen LogP contribution in [0.5, 0.6) is 11.5 Å². The van der Waals surface area contributed by atoms with Crippen molar-refractivity contribution in [3.05, 3.63) is 69.2 Å². The van der Waals surface area contributed by atoms with Gasteiger partial charge < -0.3 is 9.57 Å². The molecule has 144 valence electrons. The van der Waals surface area contributed by atoms with Gasteiger partial charge in [0.15, 0.2) is 16.7 Å². The summed E-state index contributed by atoms with van der Waals surface area (Å²) in [6, 6.07) is 9.69. The molecule has 0 fully saturated rings. The minimum atomic E-state index is -0.866. The van der Waals surface area contributed by atoms with Crippen LogP contribution in [0.1, 0.15) is 10.4 Å². The Morgan fingerprint density at radius 2 is 1.82 bits per heavy atom. The Hall–Kier alpha value is -2.61. The van der Waals surface area contributed by atoms with Crippen molar-refractivity contribution in [2.24, 2.45) is 0 Å². The summed E-state index contributed by atoms with van der Waals surface area (Å²) in [5.74, 6) is -1.70. The van der Waals surface area contributed by atoms with Crippen molar-refractivity contribution in [2.75, 3.05) is 7.11 Å². The first-order valence-corrected chi connectivity index (χ1v) is 8.82. The molecule has 0 unspecified atom stereocenters. The molecular weight excluding hydrogens is 432 g/mol. The van der Waals surface area contributed by atoms with Crippen LogP contribution >= 0.6 is 34.8 Å². The molecule has 1 heterocycles. The molecule has 6 nitrogen and oxygen atoms in total. The number of carbonyl (C=O) groups is 1. The molecule has 0 spiro atoms. The number of methoxy groups -OCH3 is 1. The molecule has 0 aliphatic rings. The van der Waals surface area contributed by atoms with Gasteiger partial charge >= 0.3 is 0 Å². The molecule has 0 radical (unpaired) electrons. The molecule has 3 rings (SSSR count). The number of hydroxylamine groups is 1. The van der Waals surface area contributed by atoms with E-state index in [1.807, 2.05) is 0 Å². The molecule has 2 aromatic carbocycles. The Morgan fingerprint density at radius 3 is 2.46 bits per heavy atom. The van der Waals surface area contributed by atoms with Crippen LogP contribution < -0.4 is 15.1 Å². The van der Waals surface area contributed by atoms with Crippen LogP contribution in [-0.2, 0) is 0 Å². The molecule has 28 heavy (non-hydrogen) atoms. The first-order chi connectivity index (χ1) is 13.4. The largest absolute Gasteiger partial charge is 0.492 e. The van der Waals surface area contributed by atoms with E-state index in [1.54, 1.807) is 30.3 Å². The molecule has 1 N–H and O–H groups in total. The van der Waals surface area contributed by atoms with Crippen molar-refractivity contribution < 1.29 is 18.8 Å². The number of carbonyl (C=O) groups excluding carboxylic acids is 1. The molecular formula is C18H11Cl3FN3O3. The summed E-state index contributed by atoms with van der Waals surface area (Å²) in [5.41, 5.74) is 2.70. The van der Waals surface area contributed by atoms with Crippen molar-refractivity contribution in [1.82, 2.24) is 15.7 Å². The van der Waals surface area contributed by atoms with Crippen molar-refractivity contribution in [3.8, 4) is 22.6 Å². The van der Waals surface area contributed by atoms with E-state index in [-0.39, 0.29) is 32.8 Å². The lowest BCUT2D eigenvalue weighted by Gasteiger charge is -2.18. The van der Waals surface area contributed by atoms with Crippen LogP contribution in [0.3, 0.4) is 0 Å². The maximum atomic E-state index is 14.8. The Balaban J connectivity index is 2.04. The summed E-state index contributed by atoms with van der Waals surface area (Å²) in [7, 11) is 1.28. The van der Waals surface area contributed by atoms with Gasteiger partial charge in [0.25, 0.3) is 5.91 Å². The number of amides is 1. The highest BCUT2D eigenvalue weighted by Crippen LogP contribution is 2.48. The number of halogens is 4. The highest BCUT2D eigenvalue weighted by Gasteiger charge is 2.27. The van der Waals surface area contributed by atoms with E-state index < -0.39 is 16.7 Å². The number of hydrogen-bond acceptors (Lipinski definition) is 5. The molecule has 0 saturated heterocycles. The van der Waals surface area contributed by atoms with E-state index in [0.29, 0.717) is 5.56 Å². The number of rotatable bonds is 5. The van der Waals surface area contributed by atoms with Gasteiger partial charge in [-0.1, -0.05) is 53.0 Å². The fraction of sp³-hybridized carbons (Fsp3) is 0.0556. The molecule has 0 saturated carbocycles. The van der Waals surface area contributed by atoms with Crippen LogP contribution in [-0.4, -0.2) is 23.2 Å². The average molecular weight is 443 g/mol. The Labute approximate surface area is 174 Å². The Kier molecular flexibility index (Phi) is 6.18. The summed E-state index contributed by atoms with van der Waals surface area (Å²) in [5, 5.41) is 6.63. The number of nitrogens with zero attached hydrogens (tertiary/aromatic N) is 2. The predicted octanol–water partition coefficient (Wildman–Crippen LogP) is 4.98. The first kappa shape index (κ1) is 20.1. The zero-order valence-electron chi connectivity index (χ0n) is 14.2. The molecule has 3 aromatic rings. The van der Waals surface area contributed by atoms with Gasteiger partial charge in [-0.25, -0.2) is 4.39 Å². The fourth-order valence-electron chi connectivity index (χ4n) is 2.39. The van der Waals surface area contributed by atoms with Crippen LogP contribution in [0, 0.1) is 5.82 Å². The molecule has 0 aliphatic heterocycles.